The highest BCUT2D eigenvalue weighted by Gasteiger charge is 2.34. The molecule has 1 aliphatic heterocycles. The second kappa shape index (κ2) is 8.01. The second-order valence-corrected chi connectivity index (χ2v) is 6.06. The largest absolute Gasteiger partial charge is 0.490 e. The van der Waals surface area contributed by atoms with E-state index in [1.165, 1.54) is 12.1 Å². The molecule has 0 unspecified atom stereocenters. The summed E-state index contributed by atoms with van der Waals surface area (Å²) in [5.74, 6) is 0.191. The average Bonchev–Trinajstić information content (AvgIpc) is 2.63. The summed E-state index contributed by atoms with van der Waals surface area (Å²) in [6, 6.07) is 16.1. The number of ether oxygens (including phenoxy) is 2. The Hall–Kier alpha value is -2.56. The maximum atomic E-state index is 13.4. The van der Waals surface area contributed by atoms with Gasteiger partial charge in [0.15, 0.2) is 0 Å². The molecule has 0 aliphatic carbocycles. The molecule has 0 N–H and O–H groups in total. The van der Waals surface area contributed by atoms with Gasteiger partial charge in [-0.25, -0.2) is 9.18 Å². The van der Waals surface area contributed by atoms with Crippen LogP contribution in [0.15, 0.2) is 54.6 Å². The van der Waals surface area contributed by atoms with Crippen molar-refractivity contribution in [3.8, 4) is 5.75 Å². The monoisotopic (exact) mass is 343 g/mol. The standard InChI is InChI=1S/C20H22FNO3/c1-2-24-20(23)22-12-11-19(25-17-10-6-9-16(21)13-17)18(14-22)15-7-4-3-5-8-15/h3-10,13,18-19H,2,11-12,14H2,1H3/t18-,19-/m0/s1. The van der Waals surface area contributed by atoms with Gasteiger partial charge in [0.1, 0.15) is 17.7 Å². The lowest BCUT2D eigenvalue weighted by Gasteiger charge is -2.38. The van der Waals surface area contributed by atoms with Crippen molar-refractivity contribution in [3.05, 3.63) is 66.0 Å². The SMILES string of the molecule is CCOC(=O)N1CC[C@H](Oc2cccc(F)c2)[C@H](c2ccccc2)C1. The van der Waals surface area contributed by atoms with Gasteiger partial charge in [-0.3, -0.25) is 0 Å². The molecule has 1 amide bonds. The van der Waals surface area contributed by atoms with Crippen LogP contribution in [0.2, 0.25) is 0 Å². The number of likely N-dealkylation sites (tertiary alicyclic amines) is 1. The number of carbonyl (C=O) groups excluding carboxylic acids is 1. The quantitative estimate of drug-likeness (QED) is 0.834. The van der Waals surface area contributed by atoms with Crippen LogP contribution in [0.25, 0.3) is 0 Å². The lowest BCUT2D eigenvalue weighted by atomic mass is 9.88. The average molecular weight is 343 g/mol. The number of hydrogen-bond donors (Lipinski definition) is 0. The van der Waals surface area contributed by atoms with Gasteiger partial charge < -0.3 is 14.4 Å². The van der Waals surface area contributed by atoms with Gasteiger partial charge in [0.2, 0.25) is 0 Å². The topological polar surface area (TPSA) is 38.8 Å². The van der Waals surface area contributed by atoms with Crippen molar-refractivity contribution >= 4 is 6.09 Å². The van der Waals surface area contributed by atoms with Crippen LogP contribution in [-0.2, 0) is 4.74 Å². The molecule has 2 aromatic rings. The lowest BCUT2D eigenvalue weighted by Crippen LogP contribution is -2.47. The summed E-state index contributed by atoms with van der Waals surface area (Å²) in [6.45, 7) is 3.23. The minimum Gasteiger partial charge on any atom is -0.490 e. The van der Waals surface area contributed by atoms with Crippen LogP contribution in [0.1, 0.15) is 24.8 Å². The minimum absolute atomic E-state index is 0.00243. The van der Waals surface area contributed by atoms with Crippen molar-refractivity contribution in [2.24, 2.45) is 0 Å². The molecule has 0 aromatic heterocycles. The van der Waals surface area contributed by atoms with Crippen molar-refractivity contribution in [1.29, 1.82) is 0 Å². The fraction of sp³-hybridized carbons (Fsp3) is 0.350. The first kappa shape index (κ1) is 17.3. The van der Waals surface area contributed by atoms with E-state index in [0.717, 1.165) is 5.56 Å². The number of amides is 1. The molecular formula is C20H22FNO3. The van der Waals surface area contributed by atoms with E-state index in [1.54, 1.807) is 24.0 Å². The van der Waals surface area contributed by atoms with Crippen molar-refractivity contribution < 1.29 is 18.7 Å². The van der Waals surface area contributed by atoms with Crippen LogP contribution in [-0.4, -0.2) is 36.8 Å². The third-order valence-electron chi connectivity index (χ3n) is 4.39. The van der Waals surface area contributed by atoms with Crippen LogP contribution in [0.4, 0.5) is 9.18 Å². The fourth-order valence-electron chi connectivity index (χ4n) is 3.19. The molecule has 0 spiro atoms. The normalized spacial score (nSPS) is 20.2. The Morgan fingerprint density at radius 3 is 2.72 bits per heavy atom. The van der Waals surface area contributed by atoms with Crippen molar-refractivity contribution in [2.75, 3.05) is 19.7 Å². The number of hydrogen-bond acceptors (Lipinski definition) is 3. The first-order valence-corrected chi connectivity index (χ1v) is 8.56. The van der Waals surface area contributed by atoms with Gasteiger partial charge in [0.25, 0.3) is 0 Å². The number of rotatable bonds is 4. The van der Waals surface area contributed by atoms with E-state index in [0.29, 0.717) is 31.9 Å². The van der Waals surface area contributed by atoms with E-state index in [9.17, 15) is 9.18 Å². The third-order valence-corrected chi connectivity index (χ3v) is 4.39. The summed E-state index contributed by atoms with van der Waals surface area (Å²) in [5.41, 5.74) is 1.10. The van der Waals surface area contributed by atoms with E-state index in [-0.39, 0.29) is 23.9 Å². The molecule has 0 bridgehead atoms. The highest BCUT2D eigenvalue weighted by atomic mass is 19.1. The van der Waals surface area contributed by atoms with Gasteiger partial charge in [-0.05, 0) is 24.6 Å². The Morgan fingerprint density at radius 1 is 1.20 bits per heavy atom. The molecule has 1 aliphatic rings. The van der Waals surface area contributed by atoms with Gasteiger partial charge in [-0.15, -0.1) is 0 Å². The molecule has 1 heterocycles. The van der Waals surface area contributed by atoms with Gasteiger partial charge >= 0.3 is 6.09 Å². The molecule has 2 atom stereocenters. The second-order valence-electron chi connectivity index (χ2n) is 6.06. The van der Waals surface area contributed by atoms with Gasteiger partial charge in [-0.1, -0.05) is 36.4 Å². The Bertz CT molecular complexity index is 707. The molecule has 0 radical (unpaired) electrons. The summed E-state index contributed by atoms with van der Waals surface area (Å²) in [6.07, 6.45) is 0.233. The summed E-state index contributed by atoms with van der Waals surface area (Å²) in [5, 5.41) is 0. The number of halogens is 1. The predicted molar refractivity (Wildman–Crippen MR) is 93.2 cm³/mol. The zero-order chi connectivity index (χ0) is 17.6. The number of benzene rings is 2. The van der Waals surface area contributed by atoms with E-state index in [4.69, 9.17) is 9.47 Å². The molecule has 2 aromatic carbocycles. The molecule has 5 heteroatoms. The summed E-state index contributed by atoms with van der Waals surface area (Å²) < 4.78 is 24.6. The van der Waals surface area contributed by atoms with Crippen molar-refractivity contribution in [1.82, 2.24) is 4.90 Å². The van der Waals surface area contributed by atoms with Crippen LogP contribution in [0.3, 0.4) is 0 Å². The van der Waals surface area contributed by atoms with Gasteiger partial charge in [0, 0.05) is 31.5 Å². The maximum absolute atomic E-state index is 13.4. The van der Waals surface area contributed by atoms with Crippen LogP contribution < -0.4 is 4.74 Å². The van der Waals surface area contributed by atoms with Crippen molar-refractivity contribution in [2.45, 2.75) is 25.4 Å². The number of carbonyl (C=O) groups is 1. The highest BCUT2D eigenvalue weighted by Crippen LogP contribution is 2.31. The molecule has 25 heavy (non-hydrogen) atoms. The smallest absolute Gasteiger partial charge is 0.409 e. The molecule has 1 saturated heterocycles. The zero-order valence-corrected chi connectivity index (χ0v) is 14.2. The molecular weight excluding hydrogens is 321 g/mol. The van der Waals surface area contributed by atoms with Crippen LogP contribution in [0.5, 0.6) is 5.75 Å². The molecule has 4 nitrogen and oxygen atoms in total. The Morgan fingerprint density at radius 2 is 2.00 bits per heavy atom. The van der Waals surface area contributed by atoms with Crippen molar-refractivity contribution in [3.63, 3.8) is 0 Å². The molecule has 0 saturated carbocycles. The zero-order valence-electron chi connectivity index (χ0n) is 14.2. The Balaban J connectivity index is 1.80. The lowest BCUT2D eigenvalue weighted by molar-refractivity contribution is 0.0573. The number of piperidine rings is 1. The molecule has 1 fully saturated rings. The summed E-state index contributed by atoms with van der Waals surface area (Å²) in [7, 11) is 0. The Kier molecular flexibility index (Phi) is 5.53. The van der Waals surface area contributed by atoms with Gasteiger partial charge in [-0.2, -0.15) is 0 Å². The van der Waals surface area contributed by atoms with Crippen LogP contribution in [0, 0.1) is 5.82 Å². The van der Waals surface area contributed by atoms with Gasteiger partial charge in [0.05, 0.1) is 6.61 Å². The first-order valence-electron chi connectivity index (χ1n) is 8.56. The van der Waals surface area contributed by atoms with E-state index in [2.05, 4.69) is 0 Å². The summed E-state index contributed by atoms with van der Waals surface area (Å²) >= 11 is 0. The van der Waals surface area contributed by atoms with E-state index >= 15 is 0 Å². The molecule has 3 rings (SSSR count). The summed E-state index contributed by atoms with van der Waals surface area (Å²) in [4.78, 5) is 13.8. The number of nitrogens with zero attached hydrogens (tertiary/aromatic N) is 1. The van der Waals surface area contributed by atoms with E-state index < -0.39 is 0 Å². The molecule has 132 valence electrons. The Labute approximate surface area is 147 Å². The maximum Gasteiger partial charge on any atom is 0.409 e. The third kappa shape index (κ3) is 4.29. The minimum atomic E-state index is -0.322. The van der Waals surface area contributed by atoms with Crippen LogP contribution >= 0.6 is 0 Å². The first-order chi connectivity index (χ1) is 12.2. The fourth-order valence-corrected chi connectivity index (χ4v) is 3.19. The highest BCUT2D eigenvalue weighted by molar-refractivity contribution is 5.67. The predicted octanol–water partition coefficient (Wildman–Crippen LogP) is 4.22. The van der Waals surface area contributed by atoms with E-state index in [1.807, 2.05) is 30.3 Å².